The Morgan fingerprint density at radius 3 is 2.38 bits per heavy atom. The van der Waals surface area contributed by atoms with Gasteiger partial charge in [-0.25, -0.2) is 13.4 Å². The quantitative estimate of drug-likeness (QED) is 0.433. The fraction of sp³-hybridized carbons (Fsp3) is 0.130. The van der Waals surface area contributed by atoms with Crippen molar-refractivity contribution in [1.82, 2.24) is 9.55 Å². The van der Waals surface area contributed by atoms with Gasteiger partial charge in [0.05, 0.1) is 21.6 Å². The minimum atomic E-state index is -4.75. The molecule has 1 N–H and O–H groups in total. The van der Waals surface area contributed by atoms with Gasteiger partial charge in [0.2, 0.25) is 11.7 Å². The molecule has 176 valence electrons. The lowest BCUT2D eigenvalue weighted by Crippen LogP contribution is -2.27. The van der Waals surface area contributed by atoms with Crippen molar-refractivity contribution in [2.45, 2.75) is 17.6 Å². The second kappa shape index (κ2) is 8.82. The average Bonchev–Trinajstić information content (AvgIpc) is 3.18. The number of fused-ring (bicyclic) bond motifs is 1. The van der Waals surface area contributed by atoms with Gasteiger partial charge in [0.15, 0.2) is 0 Å². The third-order valence-corrected chi connectivity index (χ3v) is 6.89. The molecule has 0 saturated heterocycles. The Labute approximate surface area is 193 Å². The van der Waals surface area contributed by atoms with E-state index in [1.165, 1.54) is 43.4 Å². The maximum Gasteiger partial charge on any atom is 0.449 e. The summed E-state index contributed by atoms with van der Waals surface area (Å²) < 4.78 is 68.3. The first-order valence-electron chi connectivity index (χ1n) is 10.0. The van der Waals surface area contributed by atoms with Crippen molar-refractivity contribution in [2.24, 2.45) is 0 Å². The molecule has 0 bridgehead atoms. The predicted molar refractivity (Wildman–Crippen MR) is 122 cm³/mol. The topological polar surface area (TPSA) is 84.3 Å². The number of benzene rings is 3. The van der Waals surface area contributed by atoms with Gasteiger partial charge in [0, 0.05) is 12.7 Å². The zero-order chi connectivity index (χ0) is 24.5. The van der Waals surface area contributed by atoms with Crippen LogP contribution in [-0.4, -0.2) is 30.9 Å². The molecule has 4 aromatic rings. The summed E-state index contributed by atoms with van der Waals surface area (Å²) in [5.74, 6) is -1.95. The lowest BCUT2D eigenvalue weighted by Gasteiger charge is -2.20. The normalized spacial score (nSPS) is 12.0. The highest BCUT2D eigenvalue weighted by atomic mass is 32.2. The summed E-state index contributed by atoms with van der Waals surface area (Å²) in [5, 5.41) is 2.48. The lowest BCUT2D eigenvalue weighted by molar-refractivity contribution is -0.147. The molecule has 0 fully saturated rings. The Balaban J connectivity index is 1.58. The smallest absolute Gasteiger partial charge is 0.324 e. The molecule has 0 saturated carbocycles. The van der Waals surface area contributed by atoms with Crippen molar-refractivity contribution in [1.29, 1.82) is 0 Å². The van der Waals surface area contributed by atoms with Crippen molar-refractivity contribution in [3.63, 3.8) is 0 Å². The highest BCUT2D eigenvalue weighted by molar-refractivity contribution is 7.92. The van der Waals surface area contributed by atoms with Crippen LogP contribution in [0.25, 0.3) is 11.0 Å². The maximum absolute atomic E-state index is 13.5. The van der Waals surface area contributed by atoms with E-state index in [4.69, 9.17) is 0 Å². The van der Waals surface area contributed by atoms with E-state index in [0.29, 0.717) is 5.69 Å². The fourth-order valence-electron chi connectivity index (χ4n) is 3.47. The number of rotatable bonds is 6. The summed E-state index contributed by atoms with van der Waals surface area (Å²) in [6.45, 7) is -0.656. The summed E-state index contributed by atoms with van der Waals surface area (Å²) in [7, 11) is -2.54. The van der Waals surface area contributed by atoms with Gasteiger partial charge in [-0.1, -0.05) is 36.4 Å². The number of nitrogens with one attached hydrogen (secondary N) is 1. The standard InChI is InChI=1S/C23H19F3N4O3S/c1-29(17-9-3-2-4-10-17)34(32,33)18-11-7-8-16(14-18)27-21(31)15-30-20-13-6-5-12-19(20)28-22(30)23(24,25)26/h2-14H,15H2,1H3,(H,27,31). The minimum absolute atomic E-state index is 0.0827. The van der Waals surface area contributed by atoms with Gasteiger partial charge >= 0.3 is 6.18 Å². The number of imidazole rings is 1. The van der Waals surface area contributed by atoms with E-state index in [1.54, 1.807) is 42.5 Å². The fourth-order valence-corrected chi connectivity index (χ4v) is 4.71. The molecule has 0 aliphatic carbocycles. The summed E-state index contributed by atoms with van der Waals surface area (Å²) in [6.07, 6.45) is -4.75. The van der Waals surface area contributed by atoms with Gasteiger partial charge < -0.3 is 9.88 Å². The summed E-state index contributed by atoms with van der Waals surface area (Å²) in [6, 6.07) is 19.9. The molecule has 0 aliphatic rings. The van der Waals surface area contributed by atoms with Crippen molar-refractivity contribution >= 4 is 38.3 Å². The van der Waals surface area contributed by atoms with Crippen LogP contribution in [0.4, 0.5) is 24.5 Å². The van der Waals surface area contributed by atoms with Gasteiger partial charge in [-0.15, -0.1) is 0 Å². The molecule has 1 heterocycles. The van der Waals surface area contributed by atoms with E-state index < -0.39 is 34.5 Å². The Morgan fingerprint density at radius 2 is 1.68 bits per heavy atom. The first-order chi connectivity index (χ1) is 16.1. The van der Waals surface area contributed by atoms with E-state index in [-0.39, 0.29) is 21.6 Å². The largest absolute Gasteiger partial charge is 0.449 e. The second-order valence-electron chi connectivity index (χ2n) is 7.39. The zero-order valence-electron chi connectivity index (χ0n) is 17.8. The lowest BCUT2D eigenvalue weighted by atomic mass is 10.3. The maximum atomic E-state index is 13.5. The highest BCUT2D eigenvalue weighted by Crippen LogP contribution is 2.31. The van der Waals surface area contributed by atoms with E-state index in [2.05, 4.69) is 10.3 Å². The van der Waals surface area contributed by atoms with E-state index in [9.17, 15) is 26.4 Å². The number of anilines is 2. The summed E-state index contributed by atoms with van der Waals surface area (Å²) >= 11 is 0. The van der Waals surface area contributed by atoms with Crippen molar-refractivity contribution in [3.8, 4) is 0 Å². The molecule has 1 aromatic heterocycles. The van der Waals surface area contributed by atoms with Gasteiger partial charge in [-0.3, -0.25) is 9.10 Å². The van der Waals surface area contributed by atoms with Gasteiger partial charge in [0.1, 0.15) is 6.54 Å². The molecule has 1 amide bonds. The molecule has 11 heteroatoms. The number of amides is 1. The number of carbonyl (C=O) groups is 1. The van der Waals surface area contributed by atoms with E-state index in [0.717, 1.165) is 8.87 Å². The second-order valence-corrected chi connectivity index (χ2v) is 9.36. The number of hydrogen-bond acceptors (Lipinski definition) is 4. The van der Waals surface area contributed by atoms with Gasteiger partial charge in [-0.2, -0.15) is 13.2 Å². The monoisotopic (exact) mass is 488 g/mol. The molecular formula is C23H19F3N4O3S. The molecule has 4 rings (SSSR count). The number of sulfonamides is 1. The van der Waals surface area contributed by atoms with Gasteiger partial charge in [0.25, 0.3) is 10.0 Å². The van der Waals surface area contributed by atoms with E-state index >= 15 is 0 Å². The number of aromatic nitrogens is 2. The van der Waals surface area contributed by atoms with Crippen LogP contribution < -0.4 is 9.62 Å². The van der Waals surface area contributed by atoms with Crippen molar-refractivity contribution < 1.29 is 26.4 Å². The number of alkyl halides is 3. The van der Waals surface area contributed by atoms with Crippen LogP contribution in [0.3, 0.4) is 0 Å². The van der Waals surface area contributed by atoms with Gasteiger partial charge in [-0.05, 0) is 42.5 Å². The van der Waals surface area contributed by atoms with Crippen molar-refractivity contribution in [3.05, 3.63) is 84.7 Å². The molecule has 7 nitrogen and oxygen atoms in total. The summed E-state index contributed by atoms with van der Waals surface area (Å²) in [5.41, 5.74) is 0.847. The number of para-hydroxylation sites is 3. The first kappa shape index (κ1) is 23.3. The first-order valence-corrected chi connectivity index (χ1v) is 11.5. The minimum Gasteiger partial charge on any atom is -0.324 e. The molecular weight excluding hydrogens is 469 g/mol. The van der Waals surface area contributed by atoms with Crippen LogP contribution in [0.15, 0.2) is 83.8 Å². The molecule has 3 aromatic carbocycles. The third-order valence-electron chi connectivity index (χ3n) is 5.11. The number of hydrogen-bond donors (Lipinski definition) is 1. The highest BCUT2D eigenvalue weighted by Gasteiger charge is 2.38. The molecule has 0 aliphatic heterocycles. The molecule has 0 atom stereocenters. The van der Waals surface area contributed by atoms with E-state index in [1.807, 2.05) is 0 Å². The Hall–Kier alpha value is -3.86. The van der Waals surface area contributed by atoms with Crippen LogP contribution >= 0.6 is 0 Å². The van der Waals surface area contributed by atoms with Crippen LogP contribution in [0.2, 0.25) is 0 Å². The van der Waals surface area contributed by atoms with Crippen LogP contribution in [0, 0.1) is 0 Å². The zero-order valence-corrected chi connectivity index (χ0v) is 18.6. The van der Waals surface area contributed by atoms with Crippen LogP contribution in [-0.2, 0) is 27.5 Å². The molecule has 0 unspecified atom stereocenters. The molecule has 34 heavy (non-hydrogen) atoms. The average molecular weight is 488 g/mol. The number of nitrogens with zero attached hydrogens (tertiary/aromatic N) is 3. The molecule has 0 spiro atoms. The third kappa shape index (κ3) is 4.60. The summed E-state index contributed by atoms with van der Waals surface area (Å²) in [4.78, 5) is 16.2. The Kier molecular flexibility index (Phi) is 6.05. The van der Waals surface area contributed by atoms with Crippen LogP contribution in [0.5, 0.6) is 0 Å². The Morgan fingerprint density at radius 1 is 1.00 bits per heavy atom. The SMILES string of the molecule is CN(c1ccccc1)S(=O)(=O)c1cccc(NC(=O)Cn2c(C(F)(F)F)nc3ccccc32)c1. The van der Waals surface area contributed by atoms with Crippen LogP contribution in [0.1, 0.15) is 5.82 Å². The number of halogens is 3. The van der Waals surface area contributed by atoms with Crippen molar-refractivity contribution in [2.75, 3.05) is 16.7 Å². The number of carbonyl (C=O) groups excluding carboxylic acids is 1. The predicted octanol–water partition coefficient (Wildman–Crippen LogP) is 4.52. The molecule has 0 radical (unpaired) electrons. The Bertz CT molecular complexity index is 1450.